The first-order valence-electron chi connectivity index (χ1n) is 14.3. The van der Waals surface area contributed by atoms with E-state index >= 15 is 0 Å². The molecule has 0 bridgehead atoms. The highest BCUT2D eigenvalue weighted by Gasteiger charge is 2.14. The minimum absolute atomic E-state index is 1.28. The maximum absolute atomic E-state index is 2.37. The second-order valence-corrected chi connectivity index (χ2v) is 13.5. The molecule has 0 N–H and O–H groups in total. The number of thiophene rings is 2. The van der Waals surface area contributed by atoms with Crippen molar-refractivity contribution in [2.45, 2.75) is 0 Å². The number of benzene rings is 8. The van der Waals surface area contributed by atoms with Crippen LogP contribution in [0.2, 0.25) is 0 Å². The van der Waals surface area contributed by atoms with Gasteiger partial charge in [-0.1, -0.05) is 84.9 Å². The Hall–Kier alpha value is -4.76. The molecule has 194 valence electrons. The zero-order valence-corrected chi connectivity index (χ0v) is 24.2. The molecule has 0 spiro atoms. The molecule has 0 saturated heterocycles. The SMILES string of the molecule is c1ccc2c(c1)sc1cc(-c3cc4ccc5cc(-c6ccc7c(c6)sc6ccccc67)cc6ccc(c3)c4c56)ccc12. The van der Waals surface area contributed by atoms with Gasteiger partial charge in [-0.05, 0) is 103 Å². The fourth-order valence-electron chi connectivity index (χ4n) is 6.98. The Morgan fingerprint density at radius 1 is 0.286 bits per heavy atom. The minimum Gasteiger partial charge on any atom is -0.135 e. The summed E-state index contributed by atoms with van der Waals surface area (Å²) in [6.07, 6.45) is 0. The molecule has 8 aromatic carbocycles. The first-order chi connectivity index (χ1) is 20.8. The fourth-order valence-corrected chi connectivity index (χ4v) is 9.27. The van der Waals surface area contributed by atoms with Crippen LogP contribution in [0.1, 0.15) is 0 Å². The Kier molecular flexibility index (Phi) is 4.57. The quantitative estimate of drug-likeness (QED) is 0.183. The fraction of sp³-hybridized carbons (Fsp3) is 0. The van der Waals surface area contributed by atoms with Gasteiger partial charge < -0.3 is 0 Å². The van der Waals surface area contributed by atoms with Gasteiger partial charge in [-0.2, -0.15) is 0 Å². The Morgan fingerprint density at radius 3 is 1.10 bits per heavy atom. The Balaban J connectivity index is 1.12. The average Bonchev–Trinajstić information content (AvgIpc) is 3.60. The third-order valence-corrected chi connectivity index (χ3v) is 11.2. The molecule has 0 unspecified atom stereocenters. The van der Waals surface area contributed by atoms with E-state index in [0.717, 1.165) is 0 Å². The molecule has 10 aromatic rings. The summed E-state index contributed by atoms with van der Waals surface area (Å²) in [5.74, 6) is 0. The third kappa shape index (κ3) is 3.22. The van der Waals surface area contributed by atoms with Crippen molar-refractivity contribution in [3.8, 4) is 22.3 Å². The summed E-state index contributed by atoms with van der Waals surface area (Å²) in [4.78, 5) is 0. The van der Waals surface area contributed by atoms with E-state index in [0.29, 0.717) is 0 Å². The summed E-state index contributed by atoms with van der Waals surface area (Å²) < 4.78 is 5.40. The van der Waals surface area contributed by atoms with Gasteiger partial charge in [0.05, 0.1) is 0 Å². The molecule has 2 heteroatoms. The smallest absolute Gasteiger partial charge is 0.0361 e. The average molecular weight is 567 g/mol. The van der Waals surface area contributed by atoms with Crippen LogP contribution in [0, 0.1) is 0 Å². The number of rotatable bonds is 2. The van der Waals surface area contributed by atoms with Gasteiger partial charge in [0.15, 0.2) is 0 Å². The standard InChI is InChI=1S/C40H22S2/c1-3-7-35-31(5-1)33-15-13-23(21-37(33)41-35)29-17-25-9-11-27-19-30(20-28-12-10-26(18-29)39(25)40(27)28)24-14-16-34-32-6-2-4-8-36(32)42-38(34)22-24/h1-22H. The summed E-state index contributed by atoms with van der Waals surface area (Å²) in [7, 11) is 0. The molecule has 0 amide bonds. The molecule has 0 aliphatic heterocycles. The maximum Gasteiger partial charge on any atom is 0.0361 e. The maximum atomic E-state index is 2.37. The Morgan fingerprint density at radius 2 is 0.667 bits per heavy atom. The van der Waals surface area contributed by atoms with E-state index in [-0.39, 0.29) is 0 Å². The van der Waals surface area contributed by atoms with Crippen molar-refractivity contribution in [2.24, 2.45) is 0 Å². The van der Waals surface area contributed by atoms with E-state index in [4.69, 9.17) is 0 Å². The predicted octanol–water partition coefficient (Wildman–Crippen LogP) is 12.7. The molecule has 0 fully saturated rings. The van der Waals surface area contributed by atoms with Crippen LogP contribution in [-0.2, 0) is 0 Å². The summed E-state index contributed by atoms with van der Waals surface area (Å²) in [5.41, 5.74) is 5.10. The van der Waals surface area contributed by atoms with Gasteiger partial charge in [0.1, 0.15) is 0 Å². The van der Waals surface area contributed by atoms with Crippen molar-refractivity contribution in [1.82, 2.24) is 0 Å². The van der Waals surface area contributed by atoms with Gasteiger partial charge in [-0.25, -0.2) is 0 Å². The van der Waals surface area contributed by atoms with Crippen molar-refractivity contribution in [3.63, 3.8) is 0 Å². The summed E-state index contributed by atoms with van der Waals surface area (Å²) in [6.45, 7) is 0. The van der Waals surface area contributed by atoms with Crippen LogP contribution in [-0.4, -0.2) is 0 Å². The lowest BCUT2D eigenvalue weighted by molar-refractivity contribution is 1.70. The normalized spacial score (nSPS) is 12.3. The van der Waals surface area contributed by atoms with Crippen LogP contribution in [0.3, 0.4) is 0 Å². The molecule has 0 nitrogen and oxygen atoms in total. The molecule has 2 heterocycles. The number of hydrogen-bond donors (Lipinski definition) is 0. The van der Waals surface area contributed by atoms with Crippen molar-refractivity contribution in [2.75, 3.05) is 0 Å². The lowest BCUT2D eigenvalue weighted by Gasteiger charge is -2.14. The van der Waals surface area contributed by atoms with Gasteiger partial charge in [0.2, 0.25) is 0 Å². The molecule has 2 aromatic heterocycles. The van der Waals surface area contributed by atoms with Crippen LogP contribution in [0.5, 0.6) is 0 Å². The molecular weight excluding hydrogens is 545 g/mol. The topological polar surface area (TPSA) is 0 Å². The summed E-state index contributed by atoms with van der Waals surface area (Å²) >= 11 is 3.77. The van der Waals surface area contributed by atoms with Crippen LogP contribution in [0.4, 0.5) is 0 Å². The first-order valence-corrected chi connectivity index (χ1v) is 16.0. The highest BCUT2D eigenvalue weighted by atomic mass is 32.1. The van der Waals surface area contributed by atoms with Crippen LogP contribution >= 0.6 is 22.7 Å². The van der Waals surface area contributed by atoms with E-state index in [2.05, 4.69) is 133 Å². The van der Waals surface area contributed by atoms with Crippen molar-refractivity contribution in [1.29, 1.82) is 0 Å². The second kappa shape index (κ2) is 8.39. The van der Waals surface area contributed by atoms with Gasteiger partial charge in [-0.3, -0.25) is 0 Å². The third-order valence-electron chi connectivity index (χ3n) is 8.96. The van der Waals surface area contributed by atoms with E-state index in [1.807, 2.05) is 22.7 Å². The Bertz CT molecular complexity index is 2430. The lowest BCUT2D eigenvalue weighted by Crippen LogP contribution is -1.87. The zero-order chi connectivity index (χ0) is 27.4. The zero-order valence-electron chi connectivity index (χ0n) is 22.5. The van der Waals surface area contributed by atoms with Crippen LogP contribution in [0.25, 0.3) is 94.9 Å². The van der Waals surface area contributed by atoms with Gasteiger partial charge in [-0.15, -0.1) is 22.7 Å². The lowest BCUT2D eigenvalue weighted by atomic mass is 9.89. The summed E-state index contributed by atoms with van der Waals surface area (Å²) in [6, 6.07) is 50.1. The number of fused-ring (bicyclic) bond motifs is 6. The predicted molar refractivity (Wildman–Crippen MR) is 187 cm³/mol. The monoisotopic (exact) mass is 566 g/mol. The molecule has 10 rings (SSSR count). The van der Waals surface area contributed by atoms with Gasteiger partial charge in [0.25, 0.3) is 0 Å². The van der Waals surface area contributed by atoms with Gasteiger partial charge in [0, 0.05) is 40.3 Å². The van der Waals surface area contributed by atoms with Gasteiger partial charge >= 0.3 is 0 Å². The molecule has 0 aliphatic rings. The highest BCUT2D eigenvalue weighted by Crippen LogP contribution is 2.42. The van der Waals surface area contributed by atoms with Crippen LogP contribution < -0.4 is 0 Å². The van der Waals surface area contributed by atoms with E-state index < -0.39 is 0 Å². The minimum atomic E-state index is 1.28. The molecule has 0 radical (unpaired) electrons. The molecular formula is C40H22S2. The molecule has 0 atom stereocenters. The Labute approximate surface area is 250 Å². The molecule has 42 heavy (non-hydrogen) atoms. The number of hydrogen-bond acceptors (Lipinski definition) is 2. The largest absolute Gasteiger partial charge is 0.135 e. The van der Waals surface area contributed by atoms with E-state index in [1.165, 1.54) is 94.9 Å². The molecule has 0 aliphatic carbocycles. The van der Waals surface area contributed by atoms with Crippen molar-refractivity contribution >= 4 is 95.3 Å². The van der Waals surface area contributed by atoms with E-state index in [9.17, 15) is 0 Å². The highest BCUT2D eigenvalue weighted by molar-refractivity contribution is 7.26. The second-order valence-electron chi connectivity index (χ2n) is 11.3. The molecule has 0 saturated carbocycles. The van der Waals surface area contributed by atoms with Crippen molar-refractivity contribution < 1.29 is 0 Å². The first kappa shape index (κ1) is 22.9. The van der Waals surface area contributed by atoms with Crippen molar-refractivity contribution in [3.05, 3.63) is 133 Å². The van der Waals surface area contributed by atoms with E-state index in [1.54, 1.807) is 0 Å². The summed E-state index contributed by atoms with van der Waals surface area (Å²) in [5, 5.41) is 13.3. The van der Waals surface area contributed by atoms with Crippen LogP contribution in [0.15, 0.2) is 133 Å².